The fourth-order valence-electron chi connectivity index (χ4n) is 2.22. The second-order valence-electron chi connectivity index (χ2n) is 5.92. The van der Waals surface area contributed by atoms with E-state index in [9.17, 15) is 4.79 Å². The van der Waals surface area contributed by atoms with Crippen molar-refractivity contribution in [2.75, 3.05) is 6.61 Å². The number of aromatic nitrogens is 1. The summed E-state index contributed by atoms with van der Waals surface area (Å²) in [4.78, 5) is 15.6. The molecule has 1 atom stereocenters. The van der Waals surface area contributed by atoms with Gasteiger partial charge in [0.1, 0.15) is 5.76 Å². The minimum atomic E-state index is -0.399. The summed E-state index contributed by atoms with van der Waals surface area (Å²) >= 11 is 0. The molecule has 1 aromatic rings. The van der Waals surface area contributed by atoms with Crippen LogP contribution in [0.5, 0.6) is 0 Å². The summed E-state index contributed by atoms with van der Waals surface area (Å²) < 4.78 is 10.3. The number of oxazole rings is 1. The molecule has 0 aliphatic heterocycles. The Balaban J connectivity index is 2.68. The average molecular weight is 253 g/mol. The van der Waals surface area contributed by atoms with E-state index < -0.39 is 5.97 Å². The zero-order chi connectivity index (χ0) is 13.8. The summed E-state index contributed by atoms with van der Waals surface area (Å²) in [5.41, 5.74) is 0.585. The first kappa shape index (κ1) is 14.7. The minimum Gasteiger partial charge on any atom is -0.461 e. The average Bonchev–Trinajstić information content (AvgIpc) is 2.62. The van der Waals surface area contributed by atoms with Crippen molar-refractivity contribution in [2.24, 2.45) is 11.3 Å². The molecule has 0 aliphatic carbocycles. The van der Waals surface area contributed by atoms with E-state index in [0.29, 0.717) is 30.4 Å². The molecule has 1 rings (SSSR count). The summed E-state index contributed by atoms with van der Waals surface area (Å²) in [5, 5.41) is 0. The molecular formula is C14H23NO3. The van der Waals surface area contributed by atoms with Crippen LogP contribution in [-0.2, 0) is 11.2 Å². The van der Waals surface area contributed by atoms with Crippen molar-refractivity contribution in [3.8, 4) is 0 Å². The van der Waals surface area contributed by atoms with Crippen molar-refractivity contribution in [2.45, 2.75) is 47.5 Å². The van der Waals surface area contributed by atoms with Crippen molar-refractivity contribution in [1.29, 1.82) is 0 Å². The second kappa shape index (κ2) is 6.03. The Hall–Kier alpha value is -1.32. The Morgan fingerprint density at radius 1 is 1.50 bits per heavy atom. The number of rotatable bonds is 5. The van der Waals surface area contributed by atoms with E-state index in [1.54, 1.807) is 6.92 Å². The van der Waals surface area contributed by atoms with Crippen LogP contribution in [0.25, 0.3) is 0 Å². The number of carbonyl (C=O) groups excluding carboxylic acids is 1. The maximum Gasteiger partial charge on any atom is 0.360 e. The van der Waals surface area contributed by atoms with Crippen LogP contribution in [0.3, 0.4) is 0 Å². The number of hydrogen-bond acceptors (Lipinski definition) is 4. The van der Waals surface area contributed by atoms with Gasteiger partial charge >= 0.3 is 5.97 Å². The highest BCUT2D eigenvalue weighted by atomic mass is 16.5. The Morgan fingerprint density at radius 2 is 2.17 bits per heavy atom. The molecule has 0 fully saturated rings. The minimum absolute atomic E-state index is 0.267. The first-order valence-corrected chi connectivity index (χ1v) is 6.43. The zero-order valence-corrected chi connectivity index (χ0v) is 11.9. The predicted molar refractivity (Wildman–Crippen MR) is 69.4 cm³/mol. The van der Waals surface area contributed by atoms with Gasteiger partial charge in [0, 0.05) is 6.42 Å². The molecule has 1 heterocycles. The Bertz CT molecular complexity index is 390. The zero-order valence-electron chi connectivity index (χ0n) is 11.9. The van der Waals surface area contributed by atoms with Gasteiger partial charge in [-0.3, -0.25) is 0 Å². The van der Waals surface area contributed by atoms with Crippen LogP contribution >= 0.6 is 0 Å². The maximum atomic E-state index is 11.6. The van der Waals surface area contributed by atoms with Gasteiger partial charge in [-0.05, 0) is 24.7 Å². The van der Waals surface area contributed by atoms with Crippen LogP contribution in [0, 0.1) is 11.3 Å². The Labute approximate surface area is 109 Å². The van der Waals surface area contributed by atoms with Crippen LogP contribution in [0.15, 0.2) is 10.8 Å². The molecule has 4 heteroatoms. The summed E-state index contributed by atoms with van der Waals surface area (Å²) in [6.07, 6.45) is 3.09. The highest BCUT2D eigenvalue weighted by Crippen LogP contribution is 2.27. The van der Waals surface area contributed by atoms with E-state index in [2.05, 4.69) is 32.7 Å². The van der Waals surface area contributed by atoms with Crippen LogP contribution in [0.1, 0.15) is 57.3 Å². The summed E-state index contributed by atoms with van der Waals surface area (Å²) in [6, 6.07) is 0. The molecule has 1 aromatic heterocycles. The van der Waals surface area contributed by atoms with Gasteiger partial charge < -0.3 is 9.15 Å². The monoisotopic (exact) mass is 253 g/mol. The molecular weight excluding hydrogens is 230 g/mol. The van der Waals surface area contributed by atoms with Crippen molar-refractivity contribution in [1.82, 2.24) is 4.98 Å². The molecule has 0 amide bonds. The van der Waals surface area contributed by atoms with Crippen molar-refractivity contribution >= 4 is 5.97 Å². The standard InChI is InChI=1S/C14H23NO3/c1-6-17-13(16)12-11(18-9-15-12)7-10(2)8-14(3,4)5/h9-10H,6-8H2,1-5H3. The lowest BCUT2D eigenvalue weighted by molar-refractivity contribution is 0.0517. The van der Waals surface area contributed by atoms with E-state index in [0.717, 1.165) is 6.42 Å². The third-order valence-electron chi connectivity index (χ3n) is 2.60. The Kier molecular flexibility index (Phi) is 4.93. The normalized spacial score (nSPS) is 13.4. The lowest BCUT2D eigenvalue weighted by atomic mass is 9.83. The summed E-state index contributed by atoms with van der Waals surface area (Å²) in [6.45, 7) is 10.9. The van der Waals surface area contributed by atoms with Crippen molar-refractivity contribution < 1.29 is 13.9 Å². The van der Waals surface area contributed by atoms with Gasteiger partial charge in [-0.15, -0.1) is 0 Å². The SMILES string of the molecule is CCOC(=O)c1ncoc1CC(C)CC(C)(C)C. The molecule has 0 aliphatic rings. The molecule has 0 aromatic carbocycles. The molecule has 0 saturated carbocycles. The molecule has 1 unspecified atom stereocenters. The molecule has 0 saturated heterocycles. The van der Waals surface area contributed by atoms with E-state index in [1.807, 2.05) is 0 Å². The number of nitrogens with zero attached hydrogens (tertiary/aromatic N) is 1. The lowest BCUT2D eigenvalue weighted by Gasteiger charge is -2.22. The van der Waals surface area contributed by atoms with Crippen LogP contribution in [0.2, 0.25) is 0 Å². The summed E-state index contributed by atoms with van der Waals surface area (Å²) in [7, 11) is 0. The smallest absolute Gasteiger partial charge is 0.360 e. The molecule has 0 N–H and O–H groups in total. The van der Waals surface area contributed by atoms with Gasteiger partial charge in [0.15, 0.2) is 12.1 Å². The molecule has 0 bridgehead atoms. The van der Waals surface area contributed by atoms with Gasteiger partial charge in [-0.1, -0.05) is 27.7 Å². The number of ether oxygens (including phenoxy) is 1. The van der Waals surface area contributed by atoms with Gasteiger partial charge in [0.05, 0.1) is 6.61 Å². The largest absolute Gasteiger partial charge is 0.461 e. The van der Waals surface area contributed by atoms with E-state index in [1.165, 1.54) is 6.39 Å². The first-order chi connectivity index (χ1) is 8.33. The molecule has 4 nitrogen and oxygen atoms in total. The van der Waals surface area contributed by atoms with Gasteiger partial charge in [0.2, 0.25) is 0 Å². The van der Waals surface area contributed by atoms with Crippen molar-refractivity contribution in [3.05, 3.63) is 17.8 Å². The summed E-state index contributed by atoms with van der Waals surface area (Å²) in [5.74, 6) is 0.667. The van der Waals surface area contributed by atoms with Crippen molar-refractivity contribution in [3.63, 3.8) is 0 Å². The molecule has 18 heavy (non-hydrogen) atoms. The highest BCUT2D eigenvalue weighted by molar-refractivity contribution is 5.88. The first-order valence-electron chi connectivity index (χ1n) is 6.43. The number of esters is 1. The van der Waals surface area contributed by atoms with E-state index in [4.69, 9.17) is 9.15 Å². The molecule has 102 valence electrons. The highest BCUT2D eigenvalue weighted by Gasteiger charge is 2.22. The van der Waals surface area contributed by atoms with Gasteiger partial charge in [-0.25, -0.2) is 9.78 Å². The van der Waals surface area contributed by atoms with Crippen LogP contribution < -0.4 is 0 Å². The number of carbonyl (C=O) groups is 1. The van der Waals surface area contributed by atoms with E-state index in [-0.39, 0.29) is 5.41 Å². The topological polar surface area (TPSA) is 52.3 Å². The number of hydrogen-bond donors (Lipinski definition) is 0. The van der Waals surface area contributed by atoms with Gasteiger partial charge in [0.25, 0.3) is 0 Å². The lowest BCUT2D eigenvalue weighted by Crippen LogP contribution is -2.14. The third-order valence-corrected chi connectivity index (χ3v) is 2.60. The predicted octanol–water partition coefficient (Wildman–Crippen LogP) is 3.47. The molecule has 0 spiro atoms. The fraction of sp³-hybridized carbons (Fsp3) is 0.714. The van der Waals surface area contributed by atoms with Crippen LogP contribution in [-0.4, -0.2) is 17.6 Å². The second-order valence-corrected chi connectivity index (χ2v) is 5.92. The van der Waals surface area contributed by atoms with Gasteiger partial charge in [-0.2, -0.15) is 0 Å². The molecule has 0 radical (unpaired) electrons. The third kappa shape index (κ3) is 4.51. The van der Waals surface area contributed by atoms with Crippen LogP contribution in [0.4, 0.5) is 0 Å². The quantitative estimate of drug-likeness (QED) is 0.754. The Morgan fingerprint density at radius 3 is 2.72 bits per heavy atom. The fourth-order valence-corrected chi connectivity index (χ4v) is 2.22. The van der Waals surface area contributed by atoms with E-state index >= 15 is 0 Å². The maximum absolute atomic E-state index is 11.6.